The third kappa shape index (κ3) is 5.46. The highest BCUT2D eigenvalue weighted by molar-refractivity contribution is 5.90. The van der Waals surface area contributed by atoms with Gasteiger partial charge in [-0.25, -0.2) is 4.98 Å². The molecule has 1 aliphatic rings. The molecule has 0 radical (unpaired) electrons. The molecule has 47 heavy (non-hydrogen) atoms. The zero-order chi connectivity index (χ0) is 31.8. The number of nitrogens with zero attached hydrogens (tertiary/aromatic N) is 2. The molecule has 0 aliphatic carbocycles. The van der Waals surface area contributed by atoms with E-state index < -0.39 is 11.5 Å². The van der Waals surface area contributed by atoms with Crippen LogP contribution in [0.5, 0.6) is 11.6 Å². The second kappa shape index (κ2) is 12.1. The molecule has 1 N–H and O–H groups in total. The van der Waals surface area contributed by atoms with Crippen molar-refractivity contribution in [3.05, 3.63) is 174 Å². The minimum atomic E-state index is -1.32. The van der Waals surface area contributed by atoms with E-state index in [0.717, 1.165) is 56.0 Å². The molecule has 6 aromatic carbocycles. The average Bonchev–Trinajstić information content (AvgIpc) is 3.22. The molecule has 1 aromatic heterocycles. The van der Waals surface area contributed by atoms with Gasteiger partial charge in [-0.1, -0.05) is 127 Å². The fraction of sp³-hybridized carbons (Fsp3) is 0.140. The van der Waals surface area contributed by atoms with E-state index in [1.165, 1.54) is 5.56 Å². The van der Waals surface area contributed by atoms with Gasteiger partial charge in [0.05, 0.1) is 5.52 Å². The SMILES string of the molecule is CN(CCC1(O)c2c(ccc3ccccc23)Oc2nc3ccc(-c4ccccc4)cc3cc2C1c1ccccc1)Cc1ccccc1. The van der Waals surface area contributed by atoms with Gasteiger partial charge >= 0.3 is 0 Å². The van der Waals surface area contributed by atoms with Gasteiger partial charge in [0.2, 0.25) is 5.88 Å². The average molecular weight is 613 g/mol. The van der Waals surface area contributed by atoms with E-state index in [0.29, 0.717) is 24.6 Å². The lowest BCUT2D eigenvalue weighted by atomic mass is 9.71. The largest absolute Gasteiger partial charge is 0.438 e. The summed E-state index contributed by atoms with van der Waals surface area (Å²) in [5.41, 5.74) is 5.76. The highest BCUT2D eigenvalue weighted by atomic mass is 16.5. The summed E-state index contributed by atoms with van der Waals surface area (Å²) in [6.07, 6.45) is 0.488. The highest BCUT2D eigenvalue weighted by Gasteiger charge is 2.47. The summed E-state index contributed by atoms with van der Waals surface area (Å²) < 4.78 is 6.80. The lowest BCUT2D eigenvalue weighted by Gasteiger charge is -2.38. The van der Waals surface area contributed by atoms with E-state index in [4.69, 9.17) is 9.72 Å². The van der Waals surface area contributed by atoms with Gasteiger partial charge in [-0.15, -0.1) is 0 Å². The van der Waals surface area contributed by atoms with Crippen molar-refractivity contribution in [2.24, 2.45) is 0 Å². The van der Waals surface area contributed by atoms with Crippen molar-refractivity contribution in [2.75, 3.05) is 13.6 Å². The summed E-state index contributed by atoms with van der Waals surface area (Å²) in [6.45, 7) is 1.46. The summed E-state index contributed by atoms with van der Waals surface area (Å²) in [4.78, 5) is 7.43. The van der Waals surface area contributed by atoms with E-state index in [2.05, 4.69) is 127 Å². The molecule has 7 aromatic rings. The van der Waals surface area contributed by atoms with Crippen molar-refractivity contribution in [1.82, 2.24) is 9.88 Å². The first-order valence-corrected chi connectivity index (χ1v) is 16.3. The van der Waals surface area contributed by atoms with Crippen molar-refractivity contribution >= 4 is 21.7 Å². The standard InChI is InChI=1S/C43H36N2O2/c1-45(29-30-13-5-2-6-14-30)26-25-43(46)40(33-18-9-4-10-19-33)37-28-35-27-34(31-15-7-3-8-16-31)21-23-38(35)44-42(37)47-39-24-22-32-17-11-12-20-36(32)41(39)43/h2-24,27-28,40,46H,25-26,29H2,1H3. The topological polar surface area (TPSA) is 45.6 Å². The van der Waals surface area contributed by atoms with E-state index in [1.807, 2.05) is 36.4 Å². The van der Waals surface area contributed by atoms with Gasteiger partial charge in [0.15, 0.2) is 0 Å². The minimum absolute atomic E-state index is 0.437. The van der Waals surface area contributed by atoms with Gasteiger partial charge in [0.25, 0.3) is 0 Å². The van der Waals surface area contributed by atoms with Gasteiger partial charge in [-0.2, -0.15) is 0 Å². The molecule has 8 rings (SSSR count). The molecule has 1 aliphatic heterocycles. The van der Waals surface area contributed by atoms with Crippen molar-refractivity contribution < 1.29 is 9.84 Å². The minimum Gasteiger partial charge on any atom is -0.438 e. The highest BCUT2D eigenvalue weighted by Crippen LogP contribution is 2.55. The molecule has 2 heterocycles. The van der Waals surface area contributed by atoms with Crippen LogP contribution >= 0.6 is 0 Å². The Hall–Kier alpha value is -5.29. The van der Waals surface area contributed by atoms with E-state index in [9.17, 15) is 5.11 Å². The normalized spacial score (nSPS) is 17.2. The molecule has 0 saturated heterocycles. The molecule has 0 saturated carbocycles. The maximum Gasteiger partial charge on any atom is 0.223 e. The Morgan fingerprint density at radius 3 is 2.19 bits per heavy atom. The zero-order valence-electron chi connectivity index (χ0n) is 26.4. The van der Waals surface area contributed by atoms with E-state index in [1.54, 1.807) is 0 Å². The smallest absolute Gasteiger partial charge is 0.223 e. The Balaban J connectivity index is 1.33. The molecule has 2 atom stereocenters. The van der Waals surface area contributed by atoms with Gasteiger partial charge in [-0.3, -0.25) is 0 Å². The summed E-state index contributed by atoms with van der Waals surface area (Å²) in [5.74, 6) is 0.737. The Labute approximate surface area is 275 Å². The summed E-state index contributed by atoms with van der Waals surface area (Å²) in [6, 6.07) is 52.2. The number of pyridine rings is 1. The van der Waals surface area contributed by atoms with Crippen molar-refractivity contribution in [3.8, 4) is 22.8 Å². The van der Waals surface area contributed by atoms with Crippen LogP contribution in [0, 0.1) is 0 Å². The van der Waals surface area contributed by atoms with Gasteiger partial charge in [-0.05, 0) is 70.8 Å². The Bertz CT molecular complexity index is 2180. The van der Waals surface area contributed by atoms with Crippen LogP contribution in [0.15, 0.2) is 152 Å². The van der Waals surface area contributed by atoms with Crippen LogP contribution < -0.4 is 4.74 Å². The first kappa shape index (κ1) is 29.1. The quantitative estimate of drug-likeness (QED) is 0.195. The van der Waals surface area contributed by atoms with Crippen LogP contribution in [0.1, 0.15) is 34.6 Å². The zero-order valence-corrected chi connectivity index (χ0v) is 26.4. The number of ether oxygens (including phenoxy) is 1. The molecule has 0 fully saturated rings. The number of fused-ring (bicyclic) bond motifs is 5. The number of hydrogen-bond donors (Lipinski definition) is 1. The Morgan fingerprint density at radius 2 is 1.40 bits per heavy atom. The monoisotopic (exact) mass is 612 g/mol. The van der Waals surface area contributed by atoms with Gasteiger partial charge in [0.1, 0.15) is 11.4 Å². The van der Waals surface area contributed by atoms with Gasteiger partial charge in [0, 0.05) is 35.5 Å². The molecule has 230 valence electrons. The number of benzene rings is 6. The summed E-state index contributed by atoms with van der Waals surface area (Å²) >= 11 is 0. The summed E-state index contributed by atoms with van der Waals surface area (Å²) in [7, 11) is 2.12. The van der Waals surface area contributed by atoms with Crippen molar-refractivity contribution in [2.45, 2.75) is 24.5 Å². The lowest BCUT2D eigenvalue weighted by Crippen LogP contribution is -2.37. The molecule has 0 amide bonds. The number of aromatic nitrogens is 1. The Kier molecular flexibility index (Phi) is 7.53. The third-order valence-corrected chi connectivity index (χ3v) is 9.54. The second-order valence-electron chi connectivity index (χ2n) is 12.7. The molecule has 4 heteroatoms. The number of rotatable bonds is 7. The fourth-order valence-electron chi connectivity index (χ4n) is 7.27. The maximum absolute atomic E-state index is 13.5. The maximum atomic E-state index is 13.5. The number of aliphatic hydroxyl groups is 1. The first-order valence-electron chi connectivity index (χ1n) is 16.3. The molecular weight excluding hydrogens is 576 g/mol. The molecule has 2 unspecified atom stereocenters. The molecule has 0 bridgehead atoms. The van der Waals surface area contributed by atoms with Crippen LogP contribution in [0.3, 0.4) is 0 Å². The van der Waals surface area contributed by atoms with Crippen molar-refractivity contribution in [1.29, 1.82) is 0 Å². The first-order chi connectivity index (χ1) is 23.1. The lowest BCUT2D eigenvalue weighted by molar-refractivity contribution is 0.00433. The van der Waals surface area contributed by atoms with Crippen LogP contribution in [0.25, 0.3) is 32.8 Å². The summed E-state index contributed by atoms with van der Waals surface area (Å²) in [5, 5.41) is 16.6. The van der Waals surface area contributed by atoms with E-state index >= 15 is 0 Å². The fourth-order valence-corrected chi connectivity index (χ4v) is 7.27. The molecule has 4 nitrogen and oxygen atoms in total. The number of hydrogen-bond acceptors (Lipinski definition) is 4. The van der Waals surface area contributed by atoms with Gasteiger partial charge < -0.3 is 14.7 Å². The second-order valence-corrected chi connectivity index (χ2v) is 12.7. The predicted octanol–water partition coefficient (Wildman–Crippen LogP) is 9.70. The van der Waals surface area contributed by atoms with Crippen LogP contribution in [0.4, 0.5) is 0 Å². The van der Waals surface area contributed by atoms with E-state index in [-0.39, 0.29) is 0 Å². The van der Waals surface area contributed by atoms with Crippen LogP contribution in [-0.4, -0.2) is 28.6 Å². The predicted molar refractivity (Wildman–Crippen MR) is 191 cm³/mol. The van der Waals surface area contributed by atoms with Crippen molar-refractivity contribution in [3.63, 3.8) is 0 Å². The van der Waals surface area contributed by atoms with Crippen LogP contribution in [-0.2, 0) is 12.1 Å². The molecule has 0 spiro atoms. The molecular formula is C43H36N2O2. The van der Waals surface area contributed by atoms with Crippen LogP contribution in [0.2, 0.25) is 0 Å². The Morgan fingerprint density at radius 1 is 0.702 bits per heavy atom. The third-order valence-electron chi connectivity index (χ3n) is 9.54.